The van der Waals surface area contributed by atoms with E-state index < -0.39 is 28.8 Å². The van der Waals surface area contributed by atoms with Crippen LogP contribution in [0.4, 0.5) is 0 Å². The van der Waals surface area contributed by atoms with Crippen LogP contribution in [-0.2, 0) is 4.79 Å². The lowest BCUT2D eigenvalue weighted by molar-refractivity contribution is -0.199. The molecule has 0 aromatic rings. The van der Waals surface area contributed by atoms with E-state index >= 15 is 0 Å². The Bertz CT molecular complexity index is 921. The van der Waals surface area contributed by atoms with Gasteiger partial charge in [0, 0.05) is 23.7 Å². The summed E-state index contributed by atoms with van der Waals surface area (Å²) in [7, 11) is 0. The van der Waals surface area contributed by atoms with Gasteiger partial charge in [0.15, 0.2) is 11.4 Å². The zero-order valence-electron chi connectivity index (χ0n) is 20.8. The SMILES string of the molecule is CC(C)[C@@H](C)[C@H](O)[C@@H]1C[C@]23CC(=O)[C@]4(O)C(=C2CC[C@@H]3[C@@H]1C)C=C[C@]1(O)CC(O)CC[C@]41C. The van der Waals surface area contributed by atoms with E-state index in [2.05, 4.69) is 27.7 Å². The van der Waals surface area contributed by atoms with Gasteiger partial charge in [0.25, 0.3) is 0 Å². The van der Waals surface area contributed by atoms with Gasteiger partial charge in [-0.25, -0.2) is 0 Å². The maximum Gasteiger partial charge on any atom is 0.170 e. The number of hydrogen-bond acceptors (Lipinski definition) is 5. The summed E-state index contributed by atoms with van der Waals surface area (Å²) in [5, 5.41) is 45.2. The van der Waals surface area contributed by atoms with Crippen molar-refractivity contribution in [3.05, 3.63) is 23.3 Å². The molecule has 0 aliphatic heterocycles. The fourth-order valence-corrected chi connectivity index (χ4v) is 8.86. The Hall–Kier alpha value is -1.01. The molecule has 5 aliphatic rings. The van der Waals surface area contributed by atoms with Crippen LogP contribution in [0.25, 0.3) is 0 Å². The molecule has 0 heterocycles. The molecule has 1 unspecified atom stereocenters. The van der Waals surface area contributed by atoms with Gasteiger partial charge in [0.1, 0.15) is 0 Å². The predicted molar refractivity (Wildman–Crippen MR) is 126 cm³/mol. The van der Waals surface area contributed by atoms with Crippen LogP contribution in [0.15, 0.2) is 23.3 Å². The molecular weight excluding hydrogens is 416 g/mol. The van der Waals surface area contributed by atoms with Gasteiger partial charge in [-0.3, -0.25) is 4.79 Å². The monoisotopic (exact) mass is 458 g/mol. The Morgan fingerprint density at radius 1 is 1.12 bits per heavy atom. The van der Waals surface area contributed by atoms with E-state index in [1.807, 2.05) is 13.0 Å². The lowest BCUT2D eigenvalue weighted by Gasteiger charge is -2.60. The predicted octanol–water partition coefficient (Wildman–Crippen LogP) is 3.54. The van der Waals surface area contributed by atoms with Crippen LogP contribution in [0.5, 0.6) is 0 Å². The van der Waals surface area contributed by atoms with Crippen LogP contribution in [-0.4, -0.2) is 49.6 Å². The van der Waals surface area contributed by atoms with Crippen LogP contribution >= 0.6 is 0 Å². The van der Waals surface area contributed by atoms with E-state index in [9.17, 15) is 25.2 Å². The van der Waals surface area contributed by atoms with Crippen molar-refractivity contribution in [3.8, 4) is 0 Å². The highest BCUT2D eigenvalue weighted by Crippen LogP contribution is 2.70. The topological polar surface area (TPSA) is 98.0 Å². The highest BCUT2D eigenvalue weighted by molar-refractivity contribution is 5.96. The van der Waals surface area contributed by atoms with Crippen molar-refractivity contribution in [2.45, 2.75) is 103 Å². The number of aliphatic hydroxyl groups is 4. The normalized spacial score (nSPS) is 50.7. The van der Waals surface area contributed by atoms with Crippen LogP contribution in [0.1, 0.15) is 79.6 Å². The van der Waals surface area contributed by atoms with Gasteiger partial charge in [0.2, 0.25) is 0 Å². The standard InChI is InChI=1S/C28H42O5/c1-15(2)16(3)24(31)19-13-26-14-23(30)28(33)22(21(26)7-6-20(26)17(19)4)9-11-27(32)12-18(29)8-10-25(27,28)5/h9,11,15-20,24,29,31-33H,6-8,10,12-14H2,1-5H3/t16-,17-,18?,19-,20-,24+,25+,26-,27+,28-/m1/s1. The second-order valence-electron chi connectivity index (χ2n) is 12.8. The molecule has 33 heavy (non-hydrogen) atoms. The Balaban J connectivity index is 1.62. The average molecular weight is 459 g/mol. The fourth-order valence-electron chi connectivity index (χ4n) is 8.86. The number of rotatable bonds is 3. The molecule has 3 fully saturated rings. The Kier molecular flexibility index (Phi) is 5.21. The highest BCUT2D eigenvalue weighted by Gasteiger charge is 2.72. The van der Waals surface area contributed by atoms with E-state index in [0.29, 0.717) is 42.6 Å². The Morgan fingerprint density at radius 2 is 1.82 bits per heavy atom. The number of hydrogen-bond donors (Lipinski definition) is 4. The van der Waals surface area contributed by atoms with E-state index in [4.69, 9.17) is 0 Å². The third-order valence-corrected chi connectivity index (χ3v) is 11.4. The lowest BCUT2D eigenvalue weighted by atomic mass is 9.46. The van der Waals surface area contributed by atoms with Gasteiger partial charge < -0.3 is 20.4 Å². The van der Waals surface area contributed by atoms with Crippen LogP contribution < -0.4 is 0 Å². The van der Waals surface area contributed by atoms with Crippen molar-refractivity contribution in [2.24, 2.45) is 40.4 Å². The molecule has 10 atom stereocenters. The quantitative estimate of drug-likeness (QED) is 0.519. The number of carbonyl (C=O) groups excluding carboxylic acids is 1. The summed E-state index contributed by atoms with van der Waals surface area (Å²) >= 11 is 0. The van der Waals surface area contributed by atoms with Gasteiger partial charge in [-0.15, -0.1) is 0 Å². The molecule has 0 aromatic carbocycles. The zero-order chi connectivity index (χ0) is 24.1. The van der Waals surface area contributed by atoms with E-state index in [1.54, 1.807) is 6.08 Å². The maximum atomic E-state index is 14.0. The molecule has 0 radical (unpaired) electrons. The smallest absolute Gasteiger partial charge is 0.170 e. The number of allylic oxidation sites excluding steroid dienone is 1. The number of fused-ring (bicyclic) bond motifs is 3. The highest BCUT2D eigenvalue weighted by atomic mass is 16.3. The molecule has 1 spiro atoms. The Labute approximate surface area is 198 Å². The molecule has 0 saturated heterocycles. The summed E-state index contributed by atoms with van der Waals surface area (Å²) < 4.78 is 0. The second-order valence-corrected chi connectivity index (χ2v) is 12.8. The molecule has 5 aliphatic carbocycles. The Morgan fingerprint density at radius 3 is 2.48 bits per heavy atom. The van der Waals surface area contributed by atoms with Gasteiger partial charge in [0.05, 0.1) is 17.8 Å². The van der Waals surface area contributed by atoms with Gasteiger partial charge in [-0.1, -0.05) is 52.3 Å². The van der Waals surface area contributed by atoms with E-state index in [-0.39, 0.29) is 29.5 Å². The third-order valence-electron chi connectivity index (χ3n) is 11.4. The minimum Gasteiger partial charge on any atom is -0.393 e. The molecule has 3 saturated carbocycles. The molecule has 0 aromatic heterocycles. The average Bonchev–Trinajstić information content (AvgIpc) is 3.23. The first-order valence-electron chi connectivity index (χ1n) is 13.1. The molecule has 5 nitrogen and oxygen atoms in total. The zero-order valence-corrected chi connectivity index (χ0v) is 20.8. The molecule has 5 rings (SSSR count). The minimum absolute atomic E-state index is 0.143. The van der Waals surface area contributed by atoms with Crippen molar-refractivity contribution in [1.29, 1.82) is 0 Å². The third kappa shape index (κ3) is 2.77. The molecule has 0 amide bonds. The largest absolute Gasteiger partial charge is 0.393 e. The van der Waals surface area contributed by atoms with Crippen molar-refractivity contribution in [3.63, 3.8) is 0 Å². The molecule has 4 N–H and O–H groups in total. The summed E-state index contributed by atoms with van der Waals surface area (Å²) in [4.78, 5) is 14.0. The number of Topliss-reactive ketones (excluding diaryl/α,β-unsaturated/α-hetero) is 1. The summed E-state index contributed by atoms with van der Waals surface area (Å²) in [6, 6.07) is 0. The summed E-state index contributed by atoms with van der Waals surface area (Å²) in [6.07, 6.45) is 6.47. The number of ketones is 1. The fraction of sp³-hybridized carbons (Fsp3) is 0.821. The summed E-state index contributed by atoms with van der Waals surface area (Å²) in [5.41, 5.74) is -2.57. The second kappa shape index (κ2) is 7.25. The molecule has 184 valence electrons. The lowest BCUT2D eigenvalue weighted by Crippen LogP contribution is -2.70. The van der Waals surface area contributed by atoms with Gasteiger partial charge >= 0.3 is 0 Å². The molecular formula is C28H42O5. The van der Waals surface area contributed by atoms with E-state index in [0.717, 1.165) is 19.3 Å². The van der Waals surface area contributed by atoms with Crippen LogP contribution in [0.3, 0.4) is 0 Å². The first-order valence-corrected chi connectivity index (χ1v) is 13.1. The maximum absolute atomic E-state index is 14.0. The number of carbonyl (C=O) groups is 1. The van der Waals surface area contributed by atoms with Crippen molar-refractivity contribution in [2.75, 3.05) is 0 Å². The van der Waals surface area contributed by atoms with E-state index in [1.165, 1.54) is 5.57 Å². The summed E-state index contributed by atoms with van der Waals surface area (Å²) in [6.45, 7) is 10.5. The first-order chi connectivity index (χ1) is 15.3. The van der Waals surface area contributed by atoms with Gasteiger partial charge in [-0.05, 0) is 67.3 Å². The first kappa shape index (κ1) is 23.7. The molecule has 0 bridgehead atoms. The van der Waals surface area contributed by atoms with Crippen molar-refractivity contribution in [1.82, 2.24) is 0 Å². The van der Waals surface area contributed by atoms with Crippen LogP contribution in [0.2, 0.25) is 0 Å². The van der Waals surface area contributed by atoms with Gasteiger partial charge in [-0.2, -0.15) is 0 Å². The number of aliphatic hydroxyl groups excluding tert-OH is 2. The van der Waals surface area contributed by atoms with Crippen molar-refractivity contribution < 1.29 is 25.2 Å². The minimum atomic E-state index is -1.72. The van der Waals surface area contributed by atoms with Crippen molar-refractivity contribution >= 4 is 5.78 Å². The molecule has 5 heteroatoms. The van der Waals surface area contributed by atoms with Crippen LogP contribution in [0, 0.1) is 40.4 Å². The summed E-state index contributed by atoms with van der Waals surface area (Å²) in [5.74, 6) is 1.20.